The van der Waals surface area contributed by atoms with Crippen LogP contribution in [0.15, 0.2) is 47.4 Å². The minimum atomic E-state index is -3.94. The molecular weight excluding hydrogens is 355 g/mol. The van der Waals surface area contributed by atoms with Crippen molar-refractivity contribution in [3.63, 3.8) is 0 Å². The Hall–Kier alpha value is -1.96. The summed E-state index contributed by atoms with van der Waals surface area (Å²) in [5.74, 6) is -1.08. The smallest absolute Gasteiger partial charge is 0.242 e. The van der Waals surface area contributed by atoms with Crippen LogP contribution in [0.2, 0.25) is 5.02 Å². The fourth-order valence-corrected chi connectivity index (χ4v) is 3.33. The zero-order valence-corrected chi connectivity index (χ0v) is 14.6. The van der Waals surface area contributed by atoms with E-state index in [0.717, 1.165) is 24.3 Å². The summed E-state index contributed by atoms with van der Waals surface area (Å²) in [6.07, 6.45) is 0. The molecule has 2 aromatic carbocycles. The molecule has 1 atom stereocenters. The van der Waals surface area contributed by atoms with Gasteiger partial charge in [-0.1, -0.05) is 17.7 Å². The molecule has 128 valence electrons. The Bertz CT molecular complexity index is 854. The second-order valence-electron chi connectivity index (χ2n) is 5.20. The molecule has 0 heterocycles. The highest BCUT2D eigenvalue weighted by Gasteiger charge is 2.22. The Morgan fingerprint density at radius 2 is 1.79 bits per heavy atom. The molecule has 0 radical (unpaired) electrons. The topological polar surface area (TPSA) is 75.3 Å². The van der Waals surface area contributed by atoms with Gasteiger partial charge in [-0.2, -0.15) is 4.72 Å². The number of halogens is 2. The molecule has 0 saturated heterocycles. The minimum absolute atomic E-state index is 0.123. The van der Waals surface area contributed by atoms with Crippen molar-refractivity contribution < 1.29 is 17.6 Å². The Labute approximate surface area is 144 Å². The van der Waals surface area contributed by atoms with Crippen LogP contribution in [-0.2, 0) is 14.8 Å². The van der Waals surface area contributed by atoms with Crippen LogP contribution in [0.4, 0.5) is 10.1 Å². The molecule has 0 unspecified atom stereocenters. The first-order valence-electron chi connectivity index (χ1n) is 7.04. The van der Waals surface area contributed by atoms with E-state index in [4.69, 9.17) is 11.6 Å². The van der Waals surface area contributed by atoms with Crippen LogP contribution in [0.3, 0.4) is 0 Å². The standard InChI is InChI=1S/C16H16ClFN2O3S/c1-10-14(17)4-3-5-15(10)19-16(21)11(2)20-24(22,23)13-8-6-12(18)7-9-13/h3-9,11,20H,1-2H3,(H,19,21)/t11-/m1/s1. The number of hydrogen-bond donors (Lipinski definition) is 2. The minimum Gasteiger partial charge on any atom is -0.324 e. The summed E-state index contributed by atoms with van der Waals surface area (Å²) in [4.78, 5) is 12.1. The van der Waals surface area contributed by atoms with Gasteiger partial charge in [0, 0.05) is 10.7 Å². The Kier molecular flexibility index (Phi) is 5.58. The highest BCUT2D eigenvalue weighted by Crippen LogP contribution is 2.23. The summed E-state index contributed by atoms with van der Waals surface area (Å²) < 4.78 is 39.5. The summed E-state index contributed by atoms with van der Waals surface area (Å²) in [5, 5.41) is 3.12. The first-order valence-corrected chi connectivity index (χ1v) is 8.90. The SMILES string of the molecule is Cc1c(Cl)cccc1NC(=O)[C@@H](C)NS(=O)(=O)c1ccc(F)cc1. The van der Waals surface area contributed by atoms with E-state index in [1.807, 2.05) is 0 Å². The average Bonchev–Trinajstić information content (AvgIpc) is 2.51. The van der Waals surface area contributed by atoms with Crippen molar-refractivity contribution >= 4 is 33.2 Å². The molecule has 0 aliphatic rings. The second-order valence-corrected chi connectivity index (χ2v) is 7.32. The summed E-state index contributed by atoms with van der Waals surface area (Å²) in [6, 6.07) is 8.33. The van der Waals surface area contributed by atoms with Gasteiger partial charge in [0.1, 0.15) is 5.82 Å². The number of nitrogens with one attached hydrogen (secondary N) is 2. The molecule has 8 heteroatoms. The number of benzene rings is 2. The molecule has 2 rings (SSSR count). The van der Waals surface area contributed by atoms with E-state index in [-0.39, 0.29) is 4.90 Å². The van der Waals surface area contributed by atoms with E-state index >= 15 is 0 Å². The Morgan fingerprint density at radius 3 is 2.42 bits per heavy atom. The number of hydrogen-bond acceptors (Lipinski definition) is 3. The van der Waals surface area contributed by atoms with Gasteiger partial charge in [0.05, 0.1) is 10.9 Å². The third-order valence-corrected chi connectivity index (χ3v) is 5.34. The lowest BCUT2D eigenvalue weighted by Crippen LogP contribution is -2.41. The van der Waals surface area contributed by atoms with Crippen LogP contribution in [0.1, 0.15) is 12.5 Å². The van der Waals surface area contributed by atoms with Gasteiger partial charge in [-0.05, 0) is 55.8 Å². The molecule has 0 aliphatic heterocycles. The molecule has 5 nitrogen and oxygen atoms in total. The third-order valence-electron chi connectivity index (χ3n) is 3.37. The summed E-state index contributed by atoms with van der Waals surface area (Å²) in [5.41, 5.74) is 1.18. The second kappa shape index (κ2) is 7.29. The first kappa shape index (κ1) is 18.4. The van der Waals surface area contributed by atoms with E-state index in [9.17, 15) is 17.6 Å². The molecule has 0 aromatic heterocycles. The number of sulfonamides is 1. The van der Waals surface area contributed by atoms with Crippen molar-refractivity contribution in [2.24, 2.45) is 0 Å². The van der Waals surface area contributed by atoms with E-state index < -0.39 is 27.8 Å². The van der Waals surface area contributed by atoms with E-state index in [1.165, 1.54) is 6.92 Å². The maximum absolute atomic E-state index is 12.9. The van der Waals surface area contributed by atoms with Crippen molar-refractivity contribution in [3.8, 4) is 0 Å². The van der Waals surface area contributed by atoms with E-state index in [2.05, 4.69) is 10.0 Å². The van der Waals surface area contributed by atoms with Crippen LogP contribution in [0.5, 0.6) is 0 Å². The highest BCUT2D eigenvalue weighted by atomic mass is 35.5. The summed E-state index contributed by atoms with van der Waals surface area (Å²) >= 11 is 5.98. The van der Waals surface area contributed by atoms with Crippen molar-refractivity contribution in [1.82, 2.24) is 4.72 Å². The predicted molar refractivity (Wildman–Crippen MR) is 91.0 cm³/mol. The average molecular weight is 371 g/mol. The van der Waals surface area contributed by atoms with Gasteiger partial charge < -0.3 is 5.32 Å². The molecule has 0 saturated carbocycles. The van der Waals surface area contributed by atoms with Gasteiger partial charge >= 0.3 is 0 Å². The molecule has 2 aromatic rings. The number of amides is 1. The lowest BCUT2D eigenvalue weighted by molar-refractivity contribution is -0.117. The van der Waals surface area contributed by atoms with Gasteiger partial charge in [-0.3, -0.25) is 4.79 Å². The van der Waals surface area contributed by atoms with Crippen molar-refractivity contribution in [1.29, 1.82) is 0 Å². The lowest BCUT2D eigenvalue weighted by Gasteiger charge is -2.16. The molecular formula is C16H16ClFN2O3S. The monoisotopic (exact) mass is 370 g/mol. The zero-order valence-electron chi connectivity index (χ0n) is 13.0. The Balaban J connectivity index is 2.11. The zero-order chi connectivity index (χ0) is 17.9. The molecule has 24 heavy (non-hydrogen) atoms. The van der Waals surface area contributed by atoms with Crippen molar-refractivity contribution in [2.45, 2.75) is 24.8 Å². The summed E-state index contributed by atoms with van der Waals surface area (Å²) in [7, 11) is -3.94. The molecule has 2 N–H and O–H groups in total. The highest BCUT2D eigenvalue weighted by molar-refractivity contribution is 7.89. The number of rotatable bonds is 5. The van der Waals surface area contributed by atoms with Crippen molar-refractivity contribution in [3.05, 3.63) is 58.9 Å². The largest absolute Gasteiger partial charge is 0.324 e. The predicted octanol–water partition coefficient (Wildman–Crippen LogP) is 3.09. The molecule has 1 amide bonds. The fourth-order valence-electron chi connectivity index (χ4n) is 1.95. The fraction of sp³-hybridized carbons (Fsp3) is 0.188. The van der Waals surface area contributed by atoms with Gasteiger partial charge in [0.15, 0.2) is 0 Å². The lowest BCUT2D eigenvalue weighted by atomic mass is 10.2. The maximum Gasteiger partial charge on any atom is 0.242 e. The van der Waals surface area contributed by atoms with Crippen molar-refractivity contribution in [2.75, 3.05) is 5.32 Å². The molecule has 0 aliphatic carbocycles. The van der Waals surface area contributed by atoms with Crippen LogP contribution in [-0.4, -0.2) is 20.4 Å². The van der Waals surface area contributed by atoms with Gasteiger partial charge in [0.2, 0.25) is 15.9 Å². The number of carbonyl (C=O) groups is 1. The van der Waals surface area contributed by atoms with Crippen LogP contribution >= 0.6 is 11.6 Å². The first-order chi connectivity index (χ1) is 11.2. The maximum atomic E-state index is 12.9. The Morgan fingerprint density at radius 1 is 1.17 bits per heavy atom. The molecule has 0 bridgehead atoms. The summed E-state index contributed by atoms with van der Waals surface area (Å²) in [6.45, 7) is 3.15. The van der Waals surface area contributed by atoms with E-state index in [1.54, 1.807) is 25.1 Å². The van der Waals surface area contributed by atoms with Crippen LogP contribution in [0.25, 0.3) is 0 Å². The third kappa shape index (κ3) is 4.31. The van der Waals surface area contributed by atoms with Crippen LogP contribution in [0, 0.1) is 12.7 Å². The van der Waals surface area contributed by atoms with E-state index in [0.29, 0.717) is 16.3 Å². The van der Waals surface area contributed by atoms with Crippen LogP contribution < -0.4 is 10.0 Å². The van der Waals surface area contributed by atoms with Gasteiger partial charge in [0.25, 0.3) is 0 Å². The molecule has 0 spiro atoms. The van der Waals surface area contributed by atoms with Gasteiger partial charge in [-0.15, -0.1) is 0 Å². The van der Waals surface area contributed by atoms with Gasteiger partial charge in [-0.25, -0.2) is 12.8 Å². The normalized spacial score (nSPS) is 12.7. The quantitative estimate of drug-likeness (QED) is 0.849. The number of anilines is 1. The number of carbonyl (C=O) groups excluding carboxylic acids is 1. The molecule has 0 fully saturated rings.